The molecule has 1 atom stereocenters. The van der Waals surface area contributed by atoms with Gasteiger partial charge in [-0.05, 0) is 35.1 Å². The standard InChI is InChI=1S/C27H30N2O5S/c30-24(31)23-15-35-17-29(23)25(32)27(12-6-1-7-13-27)16-28-26(33)34-14-22-20-10-4-2-8-18(20)19-9-3-5-11-21(19)22/h2-5,8-11,22-23H,1,6-7,12-17H2,(H,28,33)(H,30,31)/t23-/m0/s1. The van der Waals surface area contributed by atoms with Gasteiger partial charge < -0.3 is 20.1 Å². The van der Waals surface area contributed by atoms with E-state index >= 15 is 0 Å². The highest BCUT2D eigenvalue weighted by Crippen LogP contribution is 2.44. The average Bonchev–Trinajstić information content (AvgIpc) is 3.50. The van der Waals surface area contributed by atoms with Crippen LogP contribution in [0.3, 0.4) is 0 Å². The number of hydrogen-bond donors (Lipinski definition) is 2. The number of fused-ring (bicyclic) bond motifs is 3. The fourth-order valence-electron chi connectivity index (χ4n) is 5.74. The number of carbonyl (C=O) groups excluding carboxylic acids is 2. The van der Waals surface area contributed by atoms with Gasteiger partial charge >= 0.3 is 12.1 Å². The van der Waals surface area contributed by atoms with Crippen LogP contribution in [0.2, 0.25) is 0 Å². The molecule has 2 amide bonds. The first-order valence-corrected chi connectivity index (χ1v) is 13.4. The lowest BCUT2D eigenvalue weighted by molar-refractivity contribution is -0.153. The number of benzene rings is 2. The zero-order valence-corrected chi connectivity index (χ0v) is 20.4. The number of nitrogens with zero attached hydrogens (tertiary/aromatic N) is 1. The Morgan fingerprint density at radius 1 is 1.00 bits per heavy atom. The van der Waals surface area contributed by atoms with Crippen molar-refractivity contribution in [3.05, 3.63) is 59.7 Å². The van der Waals surface area contributed by atoms with E-state index in [1.807, 2.05) is 24.3 Å². The second-order valence-electron chi connectivity index (χ2n) is 9.65. The third kappa shape index (κ3) is 4.51. The van der Waals surface area contributed by atoms with E-state index in [0.29, 0.717) is 24.5 Å². The number of carboxylic acid groups (broad SMARTS) is 1. The molecule has 1 aliphatic heterocycles. The summed E-state index contributed by atoms with van der Waals surface area (Å²) in [7, 11) is 0. The summed E-state index contributed by atoms with van der Waals surface area (Å²) in [5.74, 6) is -0.386. The summed E-state index contributed by atoms with van der Waals surface area (Å²) in [6.07, 6.45) is 3.55. The van der Waals surface area contributed by atoms with Crippen LogP contribution in [0.1, 0.15) is 49.1 Å². The molecule has 1 heterocycles. The van der Waals surface area contributed by atoms with Crippen LogP contribution in [0.25, 0.3) is 11.1 Å². The van der Waals surface area contributed by atoms with E-state index in [4.69, 9.17) is 4.74 Å². The Bertz CT molecular complexity index is 1080. The third-order valence-electron chi connectivity index (χ3n) is 7.61. The third-order valence-corrected chi connectivity index (χ3v) is 8.62. The monoisotopic (exact) mass is 494 g/mol. The molecule has 2 N–H and O–H groups in total. The molecule has 1 saturated carbocycles. The Kier molecular flexibility index (Phi) is 6.73. The Labute approximate surface area is 209 Å². The lowest BCUT2D eigenvalue weighted by Crippen LogP contribution is -2.54. The van der Waals surface area contributed by atoms with Crippen molar-refractivity contribution in [1.29, 1.82) is 0 Å². The van der Waals surface area contributed by atoms with E-state index < -0.39 is 23.5 Å². The smallest absolute Gasteiger partial charge is 0.407 e. The summed E-state index contributed by atoms with van der Waals surface area (Å²) in [6.45, 7) is 0.376. The Hall–Kier alpha value is -3.00. The van der Waals surface area contributed by atoms with Gasteiger partial charge in [-0.15, -0.1) is 11.8 Å². The fraction of sp³-hybridized carbons (Fsp3) is 0.444. The number of thioether (sulfide) groups is 1. The number of hydrogen-bond acceptors (Lipinski definition) is 5. The first-order valence-electron chi connectivity index (χ1n) is 12.2. The van der Waals surface area contributed by atoms with Crippen molar-refractivity contribution in [2.45, 2.75) is 44.1 Å². The van der Waals surface area contributed by atoms with Crippen LogP contribution in [0.5, 0.6) is 0 Å². The number of amides is 2. The minimum absolute atomic E-state index is 0.0311. The van der Waals surface area contributed by atoms with Crippen molar-refractivity contribution < 1.29 is 24.2 Å². The average molecular weight is 495 g/mol. The highest BCUT2D eigenvalue weighted by atomic mass is 32.2. The van der Waals surface area contributed by atoms with Crippen LogP contribution in [0.15, 0.2) is 48.5 Å². The number of alkyl carbamates (subject to hydrolysis) is 1. The van der Waals surface area contributed by atoms with Gasteiger partial charge in [0.15, 0.2) is 0 Å². The topological polar surface area (TPSA) is 95.9 Å². The van der Waals surface area contributed by atoms with Crippen LogP contribution in [-0.4, -0.2) is 58.8 Å². The number of carboxylic acids is 1. The van der Waals surface area contributed by atoms with Gasteiger partial charge in [-0.3, -0.25) is 4.79 Å². The zero-order valence-electron chi connectivity index (χ0n) is 19.6. The highest BCUT2D eigenvalue weighted by Gasteiger charge is 2.47. The van der Waals surface area contributed by atoms with Crippen LogP contribution in [0, 0.1) is 5.41 Å². The molecule has 8 heteroatoms. The first-order chi connectivity index (χ1) is 17.0. The molecule has 0 aromatic heterocycles. The van der Waals surface area contributed by atoms with E-state index in [2.05, 4.69) is 29.6 Å². The van der Waals surface area contributed by atoms with Gasteiger partial charge in [0.25, 0.3) is 0 Å². The van der Waals surface area contributed by atoms with Crippen molar-refractivity contribution in [2.75, 3.05) is 24.8 Å². The molecule has 0 bridgehead atoms. The van der Waals surface area contributed by atoms with E-state index in [1.54, 1.807) is 0 Å². The molecule has 2 aromatic rings. The largest absolute Gasteiger partial charge is 0.480 e. The summed E-state index contributed by atoms with van der Waals surface area (Å²) in [4.78, 5) is 39.5. The first kappa shape index (κ1) is 23.7. The molecular weight excluding hydrogens is 464 g/mol. The van der Waals surface area contributed by atoms with Gasteiger partial charge in [-0.2, -0.15) is 0 Å². The molecule has 184 valence electrons. The second-order valence-corrected chi connectivity index (χ2v) is 10.6. The maximum absolute atomic E-state index is 13.5. The molecule has 3 aliphatic rings. The van der Waals surface area contributed by atoms with Gasteiger partial charge in [-0.1, -0.05) is 67.8 Å². The molecule has 0 spiro atoms. The van der Waals surface area contributed by atoms with Gasteiger partial charge in [0.05, 0.1) is 11.3 Å². The van der Waals surface area contributed by atoms with Crippen LogP contribution in [-0.2, 0) is 14.3 Å². The van der Waals surface area contributed by atoms with Crippen molar-refractivity contribution in [2.24, 2.45) is 5.41 Å². The highest BCUT2D eigenvalue weighted by molar-refractivity contribution is 7.99. The molecule has 5 rings (SSSR count). The fourth-order valence-corrected chi connectivity index (χ4v) is 6.88. The molecule has 35 heavy (non-hydrogen) atoms. The van der Waals surface area contributed by atoms with Crippen molar-refractivity contribution in [1.82, 2.24) is 10.2 Å². The molecule has 2 aliphatic carbocycles. The second kappa shape index (κ2) is 9.93. The summed E-state index contributed by atoms with van der Waals surface area (Å²) < 4.78 is 5.67. The number of rotatable bonds is 6. The molecule has 2 fully saturated rings. The quantitative estimate of drug-likeness (QED) is 0.616. The molecule has 0 radical (unpaired) electrons. The predicted octanol–water partition coefficient (Wildman–Crippen LogP) is 4.46. The van der Waals surface area contributed by atoms with Gasteiger partial charge in [0.1, 0.15) is 12.6 Å². The number of nitrogens with one attached hydrogen (secondary N) is 1. The van der Waals surface area contributed by atoms with E-state index in [9.17, 15) is 19.5 Å². The molecule has 0 unspecified atom stereocenters. The van der Waals surface area contributed by atoms with Gasteiger partial charge in [-0.25, -0.2) is 9.59 Å². The van der Waals surface area contributed by atoms with Gasteiger partial charge in [0.2, 0.25) is 5.91 Å². The Balaban J connectivity index is 1.25. The summed E-state index contributed by atoms with van der Waals surface area (Å²) >= 11 is 1.46. The lowest BCUT2D eigenvalue weighted by Gasteiger charge is -2.39. The number of carbonyl (C=O) groups is 3. The number of ether oxygens (including phenoxy) is 1. The van der Waals surface area contributed by atoms with Crippen molar-refractivity contribution in [3.63, 3.8) is 0 Å². The molecule has 7 nitrogen and oxygen atoms in total. The minimum Gasteiger partial charge on any atom is -0.480 e. The van der Waals surface area contributed by atoms with Gasteiger partial charge in [0, 0.05) is 18.2 Å². The SMILES string of the molecule is O=C(NCC1(C(=O)N2CSC[C@H]2C(=O)O)CCCCC1)OCC1c2ccccc2-c2ccccc21. The van der Waals surface area contributed by atoms with Crippen LogP contribution < -0.4 is 5.32 Å². The summed E-state index contributed by atoms with van der Waals surface area (Å²) in [6, 6.07) is 15.5. The van der Waals surface area contributed by atoms with E-state index in [1.165, 1.54) is 27.8 Å². The minimum atomic E-state index is -0.973. The number of aliphatic carboxylic acids is 1. The normalized spacial score (nSPS) is 20.7. The molecule has 1 saturated heterocycles. The Morgan fingerprint density at radius 3 is 2.26 bits per heavy atom. The molecular formula is C27H30N2O5S. The predicted molar refractivity (Wildman–Crippen MR) is 134 cm³/mol. The van der Waals surface area contributed by atoms with E-state index in [0.717, 1.165) is 30.4 Å². The zero-order chi connectivity index (χ0) is 24.4. The lowest BCUT2D eigenvalue weighted by atomic mass is 9.72. The van der Waals surface area contributed by atoms with Crippen molar-refractivity contribution >= 4 is 29.7 Å². The molecule has 2 aromatic carbocycles. The Morgan fingerprint density at radius 2 is 1.63 bits per heavy atom. The van der Waals surface area contributed by atoms with Crippen LogP contribution >= 0.6 is 11.8 Å². The maximum atomic E-state index is 13.5. The van der Waals surface area contributed by atoms with Crippen molar-refractivity contribution in [3.8, 4) is 11.1 Å². The summed E-state index contributed by atoms with van der Waals surface area (Å²) in [5, 5.41) is 12.4. The summed E-state index contributed by atoms with van der Waals surface area (Å²) in [5.41, 5.74) is 3.85. The van der Waals surface area contributed by atoms with Crippen LogP contribution in [0.4, 0.5) is 4.79 Å². The van der Waals surface area contributed by atoms with E-state index in [-0.39, 0.29) is 25.0 Å². The maximum Gasteiger partial charge on any atom is 0.407 e.